The summed E-state index contributed by atoms with van der Waals surface area (Å²) in [6.45, 7) is 9.21. The van der Waals surface area contributed by atoms with Gasteiger partial charge in [0.05, 0.1) is 36.6 Å². The smallest absolute Gasteiger partial charge is 0.222 e. The van der Waals surface area contributed by atoms with Crippen molar-refractivity contribution < 1.29 is 30.0 Å². The molecule has 0 bridgehead atoms. The van der Waals surface area contributed by atoms with Crippen LogP contribution in [0.4, 0.5) is 0 Å². The fraction of sp³-hybridized carbons (Fsp3) is 0.833. The summed E-state index contributed by atoms with van der Waals surface area (Å²) in [4.78, 5) is 27.9. The molecule has 0 aromatic heterocycles. The van der Waals surface area contributed by atoms with E-state index in [0.717, 1.165) is 0 Å². The average Bonchev–Trinajstić information content (AvgIpc) is 2.77. The zero-order valence-corrected chi connectivity index (χ0v) is 22.3. The van der Waals surface area contributed by atoms with Crippen LogP contribution in [0.1, 0.15) is 67.2 Å². The zero-order valence-electron chi connectivity index (χ0n) is 22.3. The molecule has 0 aromatic rings. The van der Waals surface area contributed by atoms with Crippen LogP contribution >= 0.6 is 0 Å². The van der Waals surface area contributed by atoms with Gasteiger partial charge < -0.3 is 30.2 Å². The number of azo groups is 1. The lowest BCUT2D eigenvalue weighted by Gasteiger charge is -2.27. The van der Waals surface area contributed by atoms with Gasteiger partial charge in [0.25, 0.3) is 0 Å². The Morgan fingerprint density at radius 1 is 0.694 bits per heavy atom. The van der Waals surface area contributed by atoms with E-state index in [2.05, 4.69) is 10.2 Å². The number of aliphatic hydroxyl groups is 4. The highest BCUT2D eigenvalue weighted by Gasteiger charge is 2.31. The largest absolute Gasteiger partial charge is 0.392 e. The van der Waals surface area contributed by atoms with E-state index in [1.165, 1.54) is 51.3 Å². The van der Waals surface area contributed by atoms with Crippen LogP contribution in [0.2, 0.25) is 0 Å². The molecule has 36 heavy (non-hydrogen) atoms. The Labute approximate surface area is 213 Å². The highest BCUT2D eigenvalue weighted by molar-refractivity contribution is 5.77. The molecule has 0 saturated carbocycles. The van der Waals surface area contributed by atoms with Crippen LogP contribution in [0.5, 0.6) is 0 Å². The predicted octanol–water partition coefficient (Wildman–Crippen LogP) is 0.744. The fourth-order valence-corrected chi connectivity index (χ4v) is 3.33. The number of carbonyl (C=O) groups is 2. The lowest BCUT2D eigenvalue weighted by atomic mass is 9.97. The van der Waals surface area contributed by atoms with Crippen molar-refractivity contribution >= 4 is 11.8 Å². The highest BCUT2D eigenvalue weighted by atomic mass is 16.3. The fourth-order valence-electron chi connectivity index (χ4n) is 3.33. The standard InChI is InChI=1S/C24H42N6O6/c1-17(31)11-29(12-18(2)32)21(35)7-9-23(5,15-25)27-28-24(6,16-26)10-8-22(36)30(13-19(3)33)14-20(4)34/h17-20,31-34H,7-14H2,1-6H3. The molecule has 4 N–H and O–H groups in total. The van der Waals surface area contributed by atoms with Crippen molar-refractivity contribution in [1.82, 2.24) is 9.80 Å². The van der Waals surface area contributed by atoms with Crippen molar-refractivity contribution in [3.8, 4) is 12.1 Å². The Hall–Kier alpha value is -2.64. The number of aliphatic hydroxyl groups excluding tert-OH is 4. The lowest BCUT2D eigenvalue weighted by Crippen LogP contribution is -2.41. The van der Waals surface area contributed by atoms with E-state index < -0.39 is 35.5 Å². The molecule has 12 nitrogen and oxygen atoms in total. The van der Waals surface area contributed by atoms with Crippen molar-refractivity contribution in [2.45, 2.75) is 103 Å². The number of rotatable bonds is 16. The molecule has 0 aromatic carbocycles. The van der Waals surface area contributed by atoms with Gasteiger partial charge in [-0.1, -0.05) is 0 Å². The quantitative estimate of drug-likeness (QED) is 0.218. The molecule has 0 radical (unpaired) electrons. The first-order valence-electron chi connectivity index (χ1n) is 12.1. The van der Waals surface area contributed by atoms with Crippen molar-refractivity contribution in [3.05, 3.63) is 0 Å². The molecule has 0 aliphatic rings. The van der Waals surface area contributed by atoms with E-state index in [9.17, 15) is 40.5 Å². The van der Waals surface area contributed by atoms with Gasteiger partial charge >= 0.3 is 0 Å². The van der Waals surface area contributed by atoms with E-state index in [0.29, 0.717) is 0 Å². The van der Waals surface area contributed by atoms with Crippen molar-refractivity contribution in [1.29, 1.82) is 10.5 Å². The number of nitrogens with zero attached hydrogens (tertiary/aromatic N) is 6. The second kappa shape index (κ2) is 15.5. The molecule has 6 atom stereocenters. The minimum Gasteiger partial charge on any atom is -0.392 e. The summed E-state index contributed by atoms with van der Waals surface area (Å²) in [5, 5.41) is 65.9. The van der Waals surface area contributed by atoms with Gasteiger partial charge in [-0.05, 0) is 54.4 Å². The number of nitriles is 2. The molecular weight excluding hydrogens is 468 g/mol. The maximum absolute atomic E-state index is 12.6. The van der Waals surface area contributed by atoms with E-state index in [1.807, 2.05) is 12.1 Å². The Kier molecular flexibility index (Phi) is 14.3. The molecule has 0 fully saturated rings. The Balaban J connectivity index is 5.33. The predicted molar refractivity (Wildman–Crippen MR) is 131 cm³/mol. The summed E-state index contributed by atoms with van der Waals surface area (Å²) in [6.07, 6.45) is -3.32. The molecule has 204 valence electrons. The number of hydrogen-bond donors (Lipinski definition) is 4. The number of carbonyl (C=O) groups excluding carboxylic acids is 2. The van der Waals surface area contributed by atoms with Gasteiger partial charge in [0.2, 0.25) is 11.8 Å². The van der Waals surface area contributed by atoms with Crippen LogP contribution in [-0.2, 0) is 9.59 Å². The summed E-state index contributed by atoms with van der Waals surface area (Å²) in [7, 11) is 0. The summed E-state index contributed by atoms with van der Waals surface area (Å²) < 4.78 is 0. The van der Waals surface area contributed by atoms with Gasteiger partial charge in [-0.25, -0.2) is 0 Å². The molecule has 0 spiro atoms. The van der Waals surface area contributed by atoms with Crippen LogP contribution in [-0.4, -0.2) is 104 Å². The van der Waals surface area contributed by atoms with Gasteiger partial charge in [-0.15, -0.1) is 0 Å². The van der Waals surface area contributed by atoms with Crippen LogP contribution in [0.15, 0.2) is 10.2 Å². The van der Waals surface area contributed by atoms with Crippen LogP contribution in [0, 0.1) is 22.7 Å². The highest BCUT2D eigenvalue weighted by Crippen LogP contribution is 2.24. The van der Waals surface area contributed by atoms with E-state index in [4.69, 9.17) is 0 Å². The third kappa shape index (κ3) is 13.4. The first-order chi connectivity index (χ1) is 16.6. The van der Waals surface area contributed by atoms with E-state index in [-0.39, 0.29) is 63.7 Å². The van der Waals surface area contributed by atoms with E-state index >= 15 is 0 Å². The summed E-state index contributed by atoms with van der Waals surface area (Å²) in [5.41, 5.74) is -2.83. The van der Waals surface area contributed by atoms with Crippen molar-refractivity contribution in [2.75, 3.05) is 26.2 Å². The second-order valence-corrected chi connectivity index (χ2v) is 9.96. The third-order valence-corrected chi connectivity index (χ3v) is 5.27. The van der Waals surface area contributed by atoms with Gasteiger partial charge in [0.1, 0.15) is 0 Å². The first-order valence-corrected chi connectivity index (χ1v) is 12.1. The van der Waals surface area contributed by atoms with Crippen molar-refractivity contribution in [3.63, 3.8) is 0 Å². The topological polar surface area (TPSA) is 194 Å². The Morgan fingerprint density at radius 3 is 1.14 bits per heavy atom. The van der Waals surface area contributed by atoms with Gasteiger partial charge in [0.15, 0.2) is 11.1 Å². The number of amides is 2. The third-order valence-electron chi connectivity index (χ3n) is 5.27. The SMILES string of the molecule is CC(O)CN(CC(C)O)C(=O)CCC(C)(C#N)N=NC(C)(C#N)CCC(=O)N(CC(C)O)CC(C)O. The summed E-state index contributed by atoms with van der Waals surface area (Å²) in [5.74, 6) is -0.725. The molecule has 0 rings (SSSR count). The van der Waals surface area contributed by atoms with Crippen LogP contribution < -0.4 is 0 Å². The normalized spacial score (nSPS) is 18.1. The number of hydrogen-bond acceptors (Lipinski definition) is 10. The minimum absolute atomic E-state index is 0.00105. The maximum Gasteiger partial charge on any atom is 0.222 e. The van der Waals surface area contributed by atoms with E-state index in [1.54, 1.807) is 0 Å². The summed E-state index contributed by atoms with van der Waals surface area (Å²) in [6, 6.07) is 4.01. The molecule has 0 aliphatic heterocycles. The molecule has 12 heteroatoms. The minimum atomic E-state index is -1.41. The first kappa shape index (κ1) is 33.4. The molecule has 0 aliphatic carbocycles. The van der Waals surface area contributed by atoms with Gasteiger partial charge in [-0.2, -0.15) is 20.8 Å². The van der Waals surface area contributed by atoms with Gasteiger partial charge in [-0.3, -0.25) is 9.59 Å². The van der Waals surface area contributed by atoms with Crippen LogP contribution in [0.3, 0.4) is 0 Å². The van der Waals surface area contributed by atoms with Crippen LogP contribution in [0.25, 0.3) is 0 Å². The molecule has 6 unspecified atom stereocenters. The lowest BCUT2D eigenvalue weighted by molar-refractivity contribution is -0.134. The summed E-state index contributed by atoms with van der Waals surface area (Å²) >= 11 is 0. The Morgan fingerprint density at radius 2 is 0.944 bits per heavy atom. The monoisotopic (exact) mass is 510 g/mol. The zero-order chi connectivity index (χ0) is 28.1. The molecule has 2 amide bonds. The molecular formula is C24H42N6O6. The van der Waals surface area contributed by atoms with Crippen molar-refractivity contribution in [2.24, 2.45) is 10.2 Å². The molecule has 0 saturated heterocycles. The Bertz CT molecular complexity index is 733. The second-order valence-electron chi connectivity index (χ2n) is 9.96. The molecule has 0 heterocycles. The van der Waals surface area contributed by atoms with Gasteiger partial charge in [0, 0.05) is 39.0 Å². The maximum atomic E-state index is 12.6. The average molecular weight is 511 g/mol.